The Bertz CT molecular complexity index is 1220. The van der Waals surface area contributed by atoms with Crippen molar-refractivity contribution in [3.8, 4) is 0 Å². The summed E-state index contributed by atoms with van der Waals surface area (Å²) in [7, 11) is 2.17. The van der Waals surface area contributed by atoms with E-state index in [9.17, 15) is 4.79 Å². The number of nitrogens with zero attached hydrogens (tertiary/aromatic N) is 1. The van der Waals surface area contributed by atoms with Crippen molar-refractivity contribution in [2.45, 2.75) is 92.4 Å². The lowest BCUT2D eigenvalue weighted by molar-refractivity contribution is -0.128. The normalized spacial score (nSPS) is 36.3. The third-order valence-electron chi connectivity index (χ3n) is 11.9. The van der Waals surface area contributed by atoms with E-state index in [1.807, 2.05) is 0 Å². The zero-order valence-corrected chi connectivity index (χ0v) is 23.6. The highest BCUT2D eigenvalue weighted by molar-refractivity contribution is 6.04. The van der Waals surface area contributed by atoms with E-state index in [2.05, 4.69) is 76.6 Å². The summed E-state index contributed by atoms with van der Waals surface area (Å²) >= 11 is 0. The topological polar surface area (TPSA) is 22.0 Å². The van der Waals surface area contributed by atoms with Crippen LogP contribution < -0.4 is 0 Å². The second-order valence-corrected chi connectivity index (χ2v) is 14.1. The number of carbonyl (C=O) groups excluding carboxylic acids is 1. The van der Waals surface area contributed by atoms with Crippen LogP contribution in [-0.2, 0) is 18.3 Å². The largest absolute Gasteiger partial charge is 0.344 e. The fourth-order valence-corrected chi connectivity index (χ4v) is 10.1. The number of aromatic nitrogens is 1. The number of Topliss-reactive ketones (excluding diaryl/α,β-unsaturated/α-hetero) is 1. The Hall–Kier alpha value is -1.83. The van der Waals surface area contributed by atoms with Gasteiger partial charge in [0.1, 0.15) is 0 Å². The van der Waals surface area contributed by atoms with Crippen LogP contribution in [0, 0.1) is 46.3 Å². The third-order valence-corrected chi connectivity index (χ3v) is 11.9. The molecule has 7 atom stereocenters. The summed E-state index contributed by atoms with van der Waals surface area (Å²) in [5, 5.41) is 1.39. The van der Waals surface area contributed by atoms with Crippen LogP contribution >= 0.6 is 0 Å². The summed E-state index contributed by atoms with van der Waals surface area (Å²) in [4.78, 5) is 13.9. The molecule has 0 radical (unpaired) electrons. The molecule has 0 saturated heterocycles. The number of hydrogen-bond acceptors (Lipinski definition) is 1. The molecular weight excluding hydrogens is 438 g/mol. The molecular formula is C34H47NO. The number of para-hydroxylation sites is 1. The predicted molar refractivity (Wildman–Crippen MR) is 151 cm³/mol. The molecule has 1 aromatic heterocycles. The zero-order valence-electron chi connectivity index (χ0n) is 23.6. The second-order valence-electron chi connectivity index (χ2n) is 14.1. The third kappa shape index (κ3) is 3.45. The molecule has 4 aliphatic rings. The van der Waals surface area contributed by atoms with Gasteiger partial charge >= 0.3 is 0 Å². The van der Waals surface area contributed by atoms with Gasteiger partial charge in [0.25, 0.3) is 0 Å². The predicted octanol–water partition coefficient (Wildman–Crippen LogP) is 8.62. The molecule has 1 heterocycles. The van der Waals surface area contributed by atoms with Crippen molar-refractivity contribution in [3.63, 3.8) is 0 Å². The van der Waals surface area contributed by atoms with Crippen molar-refractivity contribution in [3.05, 3.63) is 41.1 Å². The molecule has 2 aromatic rings. The van der Waals surface area contributed by atoms with Gasteiger partial charge in [-0.15, -0.1) is 0 Å². The standard InChI is InChI=1S/C34H47NO/c1-21(2)10-9-11-22(3)26-14-15-27-24-18-32(36)29-19-31-25(23-12-7-8-13-30(23)35(31)6)20-34(29,5)28(24)16-17-33(26,27)4/h7-8,12-13,19,21-22,24,26-28H,9-11,14-18,20H2,1-6H3. The number of aryl methyl sites for hydroxylation is 1. The fraction of sp³-hybridized carbons (Fsp3) is 0.676. The average molecular weight is 486 g/mol. The van der Waals surface area contributed by atoms with E-state index in [0.717, 1.165) is 42.1 Å². The lowest BCUT2D eigenvalue weighted by Gasteiger charge is -2.58. The van der Waals surface area contributed by atoms with Crippen molar-refractivity contribution in [2.24, 2.45) is 53.4 Å². The highest BCUT2D eigenvalue weighted by Gasteiger charge is 2.61. The van der Waals surface area contributed by atoms with Crippen molar-refractivity contribution in [2.75, 3.05) is 0 Å². The summed E-state index contributed by atoms with van der Waals surface area (Å²) in [6.45, 7) is 12.3. The van der Waals surface area contributed by atoms with Crippen LogP contribution in [0.25, 0.3) is 17.0 Å². The van der Waals surface area contributed by atoms with Gasteiger partial charge in [0, 0.05) is 41.1 Å². The number of fused-ring (bicyclic) bond motifs is 8. The molecule has 0 amide bonds. The average Bonchev–Trinajstić information content (AvgIpc) is 3.32. The summed E-state index contributed by atoms with van der Waals surface area (Å²) in [6.07, 6.45) is 13.6. The van der Waals surface area contributed by atoms with Crippen molar-refractivity contribution in [1.29, 1.82) is 0 Å². The Morgan fingerprint density at radius 1 is 1.03 bits per heavy atom. The number of hydrogen-bond donors (Lipinski definition) is 0. The van der Waals surface area contributed by atoms with Crippen LogP contribution in [0.15, 0.2) is 29.8 Å². The second kappa shape index (κ2) is 8.60. The summed E-state index contributed by atoms with van der Waals surface area (Å²) in [5.41, 5.74) is 5.60. The van der Waals surface area contributed by atoms with E-state index in [4.69, 9.17) is 0 Å². The van der Waals surface area contributed by atoms with Gasteiger partial charge in [0.2, 0.25) is 0 Å². The first-order chi connectivity index (χ1) is 17.1. The van der Waals surface area contributed by atoms with Gasteiger partial charge in [0.15, 0.2) is 5.78 Å². The Labute approximate surface area is 218 Å². The maximum Gasteiger partial charge on any atom is 0.159 e. The molecule has 4 aliphatic carbocycles. The summed E-state index contributed by atoms with van der Waals surface area (Å²) in [6, 6.07) is 8.83. The molecule has 6 rings (SSSR count). The van der Waals surface area contributed by atoms with Crippen LogP contribution in [0.2, 0.25) is 0 Å². The van der Waals surface area contributed by atoms with Gasteiger partial charge in [-0.3, -0.25) is 4.79 Å². The monoisotopic (exact) mass is 485 g/mol. The maximum atomic E-state index is 13.9. The molecule has 36 heavy (non-hydrogen) atoms. The summed E-state index contributed by atoms with van der Waals surface area (Å²) in [5.74, 6) is 4.86. The number of carbonyl (C=O) groups is 1. The maximum absolute atomic E-state index is 13.9. The highest BCUT2D eigenvalue weighted by atomic mass is 16.1. The van der Waals surface area contributed by atoms with E-state index in [-0.39, 0.29) is 5.41 Å². The van der Waals surface area contributed by atoms with Crippen LogP contribution in [-0.4, -0.2) is 10.4 Å². The van der Waals surface area contributed by atoms with Crippen molar-refractivity contribution in [1.82, 2.24) is 4.57 Å². The molecule has 3 saturated carbocycles. The molecule has 1 aromatic carbocycles. The number of benzene rings is 1. The van der Waals surface area contributed by atoms with Gasteiger partial charge in [-0.05, 0) is 90.7 Å². The first-order valence-electron chi connectivity index (χ1n) is 15.0. The number of allylic oxidation sites excluding steroid dienone is 1. The minimum absolute atomic E-state index is 0.0145. The Balaban J connectivity index is 1.30. The first-order valence-corrected chi connectivity index (χ1v) is 15.0. The van der Waals surface area contributed by atoms with E-state index in [1.54, 1.807) is 0 Å². The number of rotatable bonds is 5. The van der Waals surface area contributed by atoms with E-state index in [1.165, 1.54) is 67.1 Å². The van der Waals surface area contributed by atoms with Gasteiger partial charge < -0.3 is 4.57 Å². The van der Waals surface area contributed by atoms with Crippen LogP contribution in [0.1, 0.15) is 97.2 Å². The van der Waals surface area contributed by atoms with Gasteiger partial charge in [-0.25, -0.2) is 0 Å². The van der Waals surface area contributed by atoms with Crippen LogP contribution in [0.3, 0.4) is 0 Å². The number of ketones is 1. The van der Waals surface area contributed by atoms with Crippen LogP contribution in [0.5, 0.6) is 0 Å². The molecule has 0 aliphatic heterocycles. The molecule has 2 nitrogen and oxygen atoms in total. The Kier molecular flexibility index (Phi) is 5.86. The Morgan fingerprint density at radius 2 is 1.81 bits per heavy atom. The molecule has 0 N–H and O–H groups in total. The summed E-state index contributed by atoms with van der Waals surface area (Å²) < 4.78 is 2.32. The fourth-order valence-electron chi connectivity index (χ4n) is 10.1. The molecule has 194 valence electrons. The quantitative estimate of drug-likeness (QED) is 0.415. The molecule has 0 bridgehead atoms. The van der Waals surface area contributed by atoms with E-state index < -0.39 is 0 Å². The van der Waals surface area contributed by atoms with Gasteiger partial charge in [-0.2, -0.15) is 0 Å². The SMILES string of the molecule is CC(C)CCCC(C)C1CCC2C3CC(=O)C4=Cc5c(c6ccccc6n5C)CC4(C)C3CCC12C. The molecule has 2 heteroatoms. The van der Waals surface area contributed by atoms with E-state index in [0.29, 0.717) is 23.0 Å². The highest BCUT2D eigenvalue weighted by Crippen LogP contribution is 2.67. The molecule has 3 fully saturated rings. The van der Waals surface area contributed by atoms with E-state index >= 15 is 0 Å². The molecule has 7 unspecified atom stereocenters. The first kappa shape index (κ1) is 24.5. The Morgan fingerprint density at radius 3 is 2.58 bits per heavy atom. The minimum Gasteiger partial charge on any atom is -0.344 e. The lowest BCUT2D eigenvalue weighted by atomic mass is 9.46. The van der Waals surface area contributed by atoms with Gasteiger partial charge in [0.05, 0.1) is 0 Å². The van der Waals surface area contributed by atoms with Crippen LogP contribution in [0.4, 0.5) is 0 Å². The van der Waals surface area contributed by atoms with Crippen molar-refractivity contribution >= 4 is 22.8 Å². The zero-order chi connectivity index (χ0) is 25.4. The molecule has 0 spiro atoms. The van der Waals surface area contributed by atoms with Gasteiger partial charge in [-0.1, -0.05) is 72.1 Å². The smallest absolute Gasteiger partial charge is 0.159 e. The lowest BCUT2D eigenvalue weighted by Crippen LogP contribution is -2.53. The van der Waals surface area contributed by atoms with Crippen molar-refractivity contribution < 1.29 is 4.79 Å². The minimum atomic E-state index is -0.0145.